The van der Waals surface area contributed by atoms with Crippen molar-refractivity contribution < 1.29 is 19.2 Å². The number of hydrogen-bond donors (Lipinski definition) is 2. The molecule has 0 bridgehead atoms. The lowest BCUT2D eigenvalue weighted by atomic mass is 10.0. The third kappa shape index (κ3) is 2.64. The molecular formula is C12H13FN2O4. The average molecular weight is 268 g/mol. The van der Waals surface area contributed by atoms with Gasteiger partial charge in [0, 0.05) is 6.04 Å². The second-order valence-corrected chi connectivity index (χ2v) is 4.52. The molecule has 1 aromatic rings. The quantitative estimate of drug-likeness (QED) is 0.646. The first-order valence-corrected chi connectivity index (χ1v) is 5.93. The minimum atomic E-state index is -0.936. The van der Waals surface area contributed by atoms with Gasteiger partial charge in [0.15, 0.2) is 0 Å². The van der Waals surface area contributed by atoms with Crippen molar-refractivity contribution in [3.05, 3.63) is 34.1 Å². The van der Waals surface area contributed by atoms with Gasteiger partial charge in [-0.1, -0.05) is 12.5 Å². The van der Waals surface area contributed by atoms with Crippen molar-refractivity contribution in [2.75, 3.05) is 5.32 Å². The van der Waals surface area contributed by atoms with Crippen LogP contribution in [0.5, 0.6) is 0 Å². The molecule has 0 spiro atoms. The van der Waals surface area contributed by atoms with E-state index in [-0.39, 0.29) is 5.69 Å². The van der Waals surface area contributed by atoms with E-state index in [4.69, 9.17) is 5.11 Å². The van der Waals surface area contributed by atoms with Gasteiger partial charge in [-0.05, 0) is 25.0 Å². The SMILES string of the molecule is O=C(O)C1CCCC1Nc1cccc(F)c1[N+](=O)[O-]. The maximum atomic E-state index is 13.4. The van der Waals surface area contributed by atoms with Crippen molar-refractivity contribution in [3.63, 3.8) is 0 Å². The number of anilines is 1. The molecule has 0 saturated heterocycles. The van der Waals surface area contributed by atoms with Crippen molar-refractivity contribution in [1.29, 1.82) is 0 Å². The van der Waals surface area contributed by atoms with E-state index in [1.165, 1.54) is 12.1 Å². The van der Waals surface area contributed by atoms with Crippen LogP contribution < -0.4 is 5.32 Å². The normalized spacial score (nSPS) is 22.2. The summed E-state index contributed by atoms with van der Waals surface area (Å²) >= 11 is 0. The standard InChI is InChI=1S/C12H13FN2O4/c13-8-4-2-6-10(11(8)15(18)19)14-9-5-1-3-7(9)12(16)17/h2,4,6-7,9,14H,1,3,5H2,(H,16,17). The number of hydrogen-bond acceptors (Lipinski definition) is 4. The third-order valence-electron chi connectivity index (χ3n) is 3.34. The topological polar surface area (TPSA) is 92.5 Å². The number of benzene rings is 1. The van der Waals surface area contributed by atoms with Crippen LogP contribution in [-0.4, -0.2) is 22.0 Å². The molecular weight excluding hydrogens is 255 g/mol. The van der Waals surface area contributed by atoms with Crippen molar-refractivity contribution in [2.24, 2.45) is 5.92 Å². The number of halogens is 1. The minimum Gasteiger partial charge on any atom is -0.481 e. The molecule has 1 aromatic carbocycles. The fourth-order valence-corrected chi connectivity index (χ4v) is 2.45. The molecule has 0 heterocycles. The number of nitrogens with one attached hydrogen (secondary N) is 1. The molecule has 19 heavy (non-hydrogen) atoms. The van der Waals surface area contributed by atoms with E-state index < -0.39 is 34.4 Å². The van der Waals surface area contributed by atoms with E-state index in [1.807, 2.05) is 0 Å². The number of carbonyl (C=O) groups is 1. The summed E-state index contributed by atoms with van der Waals surface area (Å²) in [5.74, 6) is -2.46. The summed E-state index contributed by atoms with van der Waals surface area (Å²) < 4.78 is 13.4. The number of aliphatic carboxylic acids is 1. The molecule has 102 valence electrons. The zero-order valence-corrected chi connectivity index (χ0v) is 10.0. The monoisotopic (exact) mass is 268 g/mol. The van der Waals surface area contributed by atoms with Gasteiger partial charge in [-0.2, -0.15) is 4.39 Å². The van der Waals surface area contributed by atoms with Gasteiger partial charge >= 0.3 is 11.7 Å². The van der Waals surface area contributed by atoms with Crippen molar-refractivity contribution >= 4 is 17.3 Å². The molecule has 1 aliphatic rings. The van der Waals surface area contributed by atoms with Crippen LogP contribution in [-0.2, 0) is 4.79 Å². The molecule has 0 radical (unpaired) electrons. The van der Waals surface area contributed by atoms with E-state index in [0.717, 1.165) is 12.5 Å². The van der Waals surface area contributed by atoms with Crippen LogP contribution >= 0.6 is 0 Å². The van der Waals surface area contributed by atoms with Gasteiger partial charge in [-0.25, -0.2) is 0 Å². The molecule has 1 saturated carbocycles. The Morgan fingerprint density at radius 3 is 2.84 bits per heavy atom. The first-order chi connectivity index (χ1) is 9.00. The van der Waals surface area contributed by atoms with Crippen LogP contribution in [0, 0.1) is 21.8 Å². The lowest BCUT2D eigenvalue weighted by Crippen LogP contribution is -2.30. The molecule has 2 atom stereocenters. The summed E-state index contributed by atoms with van der Waals surface area (Å²) in [6, 6.07) is 3.35. The van der Waals surface area contributed by atoms with Crippen LogP contribution in [0.25, 0.3) is 0 Å². The fraction of sp³-hybridized carbons (Fsp3) is 0.417. The Morgan fingerprint density at radius 1 is 1.47 bits per heavy atom. The summed E-state index contributed by atoms with van der Waals surface area (Å²) in [7, 11) is 0. The van der Waals surface area contributed by atoms with Gasteiger partial charge < -0.3 is 10.4 Å². The van der Waals surface area contributed by atoms with Gasteiger partial charge in [0.1, 0.15) is 5.69 Å². The Morgan fingerprint density at radius 2 is 2.21 bits per heavy atom. The Bertz CT molecular complexity index is 520. The lowest BCUT2D eigenvalue weighted by molar-refractivity contribution is -0.386. The van der Waals surface area contributed by atoms with Gasteiger partial charge in [-0.15, -0.1) is 0 Å². The highest BCUT2D eigenvalue weighted by Gasteiger charge is 2.34. The van der Waals surface area contributed by atoms with Crippen LogP contribution in [0.15, 0.2) is 18.2 Å². The molecule has 2 rings (SSSR count). The number of nitro benzene ring substituents is 1. The number of nitrogens with zero attached hydrogens (tertiary/aromatic N) is 1. The van der Waals surface area contributed by atoms with E-state index in [9.17, 15) is 19.3 Å². The minimum absolute atomic E-state index is 0.0307. The highest BCUT2D eigenvalue weighted by Crippen LogP contribution is 2.33. The molecule has 2 unspecified atom stereocenters. The largest absolute Gasteiger partial charge is 0.481 e. The number of para-hydroxylation sites is 1. The molecule has 2 N–H and O–H groups in total. The number of rotatable bonds is 4. The fourth-order valence-electron chi connectivity index (χ4n) is 2.45. The summed E-state index contributed by atoms with van der Waals surface area (Å²) in [4.78, 5) is 21.1. The van der Waals surface area contributed by atoms with Gasteiger partial charge in [0.05, 0.1) is 10.8 Å². The summed E-state index contributed by atoms with van der Waals surface area (Å²) in [5, 5.41) is 22.7. The molecule has 1 aliphatic carbocycles. The van der Waals surface area contributed by atoms with Crippen molar-refractivity contribution in [2.45, 2.75) is 25.3 Å². The first kappa shape index (κ1) is 13.3. The highest BCUT2D eigenvalue weighted by molar-refractivity contribution is 5.73. The maximum absolute atomic E-state index is 13.4. The lowest BCUT2D eigenvalue weighted by Gasteiger charge is -2.18. The van der Waals surface area contributed by atoms with Gasteiger partial charge in [0.2, 0.25) is 5.82 Å². The molecule has 1 fully saturated rings. The van der Waals surface area contributed by atoms with Crippen LogP contribution in [0.3, 0.4) is 0 Å². The number of carboxylic acid groups (broad SMARTS) is 1. The second-order valence-electron chi connectivity index (χ2n) is 4.52. The molecule has 0 amide bonds. The average Bonchev–Trinajstić information content (AvgIpc) is 2.76. The molecule has 0 aliphatic heterocycles. The number of nitro groups is 1. The second kappa shape index (κ2) is 5.21. The van der Waals surface area contributed by atoms with Gasteiger partial charge in [0.25, 0.3) is 0 Å². The molecule has 0 aromatic heterocycles. The van der Waals surface area contributed by atoms with E-state index in [0.29, 0.717) is 12.8 Å². The maximum Gasteiger partial charge on any atom is 0.327 e. The van der Waals surface area contributed by atoms with Crippen molar-refractivity contribution in [3.8, 4) is 0 Å². The first-order valence-electron chi connectivity index (χ1n) is 5.93. The summed E-state index contributed by atoms with van der Waals surface area (Å²) in [6.45, 7) is 0. The number of carboxylic acids is 1. The predicted molar refractivity (Wildman–Crippen MR) is 65.4 cm³/mol. The van der Waals surface area contributed by atoms with Crippen LogP contribution in [0.2, 0.25) is 0 Å². The summed E-state index contributed by atoms with van der Waals surface area (Å²) in [6.07, 6.45) is 1.86. The van der Waals surface area contributed by atoms with E-state index >= 15 is 0 Å². The van der Waals surface area contributed by atoms with Crippen LogP contribution in [0.4, 0.5) is 15.8 Å². The zero-order chi connectivity index (χ0) is 14.0. The van der Waals surface area contributed by atoms with E-state index in [1.54, 1.807) is 0 Å². The molecule has 6 nitrogen and oxygen atoms in total. The Labute approximate surface area is 108 Å². The Kier molecular flexibility index (Phi) is 3.64. The van der Waals surface area contributed by atoms with Gasteiger partial charge in [-0.3, -0.25) is 14.9 Å². The third-order valence-corrected chi connectivity index (χ3v) is 3.34. The smallest absolute Gasteiger partial charge is 0.327 e. The van der Waals surface area contributed by atoms with E-state index in [2.05, 4.69) is 5.32 Å². The van der Waals surface area contributed by atoms with Crippen LogP contribution in [0.1, 0.15) is 19.3 Å². The Balaban J connectivity index is 2.26. The Hall–Kier alpha value is -2.18. The zero-order valence-electron chi connectivity index (χ0n) is 10.0. The predicted octanol–water partition coefficient (Wildman–Crippen LogP) is 2.40. The molecule has 7 heteroatoms. The van der Waals surface area contributed by atoms with Crippen molar-refractivity contribution in [1.82, 2.24) is 0 Å². The highest BCUT2D eigenvalue weighted by atomic mass is 19.1. The summed E-state index contributed by atoms with van der Waals surface area (Å²) in [5.41, 5.74) is -0.610.